The zero-order valence-electron chi connectivity index (χ0n) is 46.4. The molecule has 14 nitrogen and oxygen atoms in total. The summed E-state index contributed by atoms with van der Waals surface area (Å²) in [7, 11) is 5.12. The number of nitrogens with zero attached hydrogens (tertiary/aromatic N) is 8. The second-order valence-corrected chi connectivity index (χ2v) is 23.2. The first-order chi connectivity index (χ1) is 39.3. The number of rotatable bonds is 18. The summed E-state index contributed by atoms with van der Waals surface area (Å²) in [6, 6.07) is 26.6. The number of methoxy groups -OCH3 is 3. The molecule has 15 atom stereocenters. The SMILES string of the molecule is C=CC1C[N@@]2CCC1CC2[C@H](Oc1nc(O[C@@H](c2ccnc3ccc(OC)cc23)C2CC3CC[N@]2CCC3C=C)cc(O[C@@H](c2ccnc3ccc(OC)cc23)[C@@H]2CC3CCN2CC[C@@H]3C=C)n1)c1ccnc2ccc(OC)cc12. The van der Waals surface area contributed by atoms with Crippen LogP contribution in [0.4, 0.5) is 0 Å². The Labute approximate surface area is 469 Å². The molecule has 0 aliphatic carbocycles. The monoisotopic (exact) mass is 1070 g/mol. The molecule has 0 saturated carbocycles. The first kappa shape index (κ1) is 52.3. The van der Waals surface area contributed by atoms with Gasteiger partial charge in [0.15, 0.2) is 0 Å². The molecule has 9 saturated heterocycles. The average Bonchev–Trinajstić information content (AvgIpc) is 4.05. The molecule has 14 heteroatoms. The van der Waals surface area contributed by atoms with Crippen LogP contribution in [0.1, 0.15) is 86.4 Å². The number of hydrogen-bond donors (Lipinski definition) is 0. The summed E-state index contributed by atoms with van der Waals surface area (Å²) in [5, 5.41) is 2.89. The molecule has 0 spiro atoms. The van der Waals surface area contributed by atoms with Gasteiger partial charge in [-0.3, -0.25) is 29.7 Å². The predicted molar refractivity (Wildman–Crippen MR) is 312 cm³/mol. The Balaban J connectivity index is 0.991. The third-order valence-corrected chi connectivity index (χ3v) is 19.4. The lowest BCUT2D eigenvalue weighted by Crippen LogP contribution is -2.55. The lowest BCUT2D eigenvalue weighted by molar-refractivity contribution is -0.0388. The summed E-state index contributed by atoms with van der Waals surface area (Å²) < 4.78 is 40.5. The van der Waals surface area contributed by atoms with E-state index in [1.165, 1.54) is 0 Å². The maximum absolute atomic E-state index is 7.68. The third kappa shape index (κ3) is 9.91. The van der Waals surface area contributed by atoms with Crippen molar-refractivity contribution in [2.24, 2.45) is 35.5 Å². The number of piperidine rings is 5. The van der Waals surface area contributed by atoms with Crippen molar-refractivity contribution in [3.8, 4) is 35.0 Å². The van der Waals surface area contributed by atoms with E-state index in [4.69, 9.17) is 53.3 Å². The summed E-state index contributed by atoms with van der Waals surface area (Å²) in [5.74, 6) is 5.60. The molecule has 0 N–H and O–H groups in total. The molecule has 80 heavy (non-hydrogen) atoms. The molecule has 7 aromatic rings. The van der Waals surface area contributed by atoms with Gasteiger partial charge in [0.1, 0.15) is 35.6 Å². The lowest BCUT2D eigenvalue weighted by Gasteiger charge is -2.51. The quantitative estimate of drug-likeness (QED) is 0.0756. The second-order valence-electron chi connectivity index (χ2n) is 23.2. The average molecular weight is 1080 g/mol. The van der Waals surface area contributed by atoms with Crippen molar-refractivity contribution >= 4 is 32.7 Å². The molecule has 4 aromatic heterocycles. The van der Waals surface area contributed by atoms with E-state index in [0.29, 0.717) is 47.3 Å². The van der Waals surface area contributed by atoms with Gasteiger partial charge in [0.25, 0.3) is 0 Å². The van der Waals surface area contributed by atoms with E-state index >= 15 is 0 Å². The van der Waals surface area contributed by atoms with E-state index in [1.54, 1.807) is 21.3 Å². The Morgan fingerprint density at radius 3 is 1.21 bits per heavy atom. The highest BCUT2D eigenvalue weighted by Crippen LogP contribution is 2.48. The summed E-state index contributed by atoms with van der Waals surface area (Å²) in [4.78, 5) is 33.2. The van der Waals surface area contributed by atoms with Crippen molar-refractivity contribution in [3.63, 3.8) is 0 Å². The summed E-state index contributed by atoms with van der Waals surface area (Å²) >= 11 is 0. The van der Waals surface area contributed by atoms with Gasteiger partial charge in [-0.15, -0.1) is 19.7 Å². The lowest BCUT2D eigenvalue weighted by atomic mass is 9.73. The Hall–Kier alpha value is -7.13. The van der Waals surface area contributed by atoms with Crippen LogP contribution in [0, 0.1) is 35.5 Å². The predicted octanol–water partition coefficient (Wildman–Crippen LogP) is 12.0. The van der Waals surface area contributed by atoms with Crippen LogP contribution < -0.4 is 28.4 Å². The maximum Gasteiger partial charge on any atom is 0.323 e. The van der Waals surface area contributed by atoms with Crippen molar-refractivity contribution in [2.75, 3.05) is 60.6 Å². The molecule has 9 fully saturated rings. The van der Waals surface area contributed by atoms with Crippen LogP contribution in [0.2, 0.25) is 0 Å². The fourth-order valence-corrected chi connectivity index (χ4v) is 15.1. The molecular formula is C66H74N8O6. The smallest absolute Gasteiger partial charge is 0.323 e. The first-order valence-electron chi connectivity index (χ1n) is 29.1. The summed E-state index contributed by atoms with van der Waals surface area (Å²) in [5.41, 5.74) is 5.59. The van der Waals surface area contributed by atoms with Gasteiger partial charge in [0.2, 0.25) is 11.8 Å². The molecular weight excluding hydrogens is 1000 g/mol. The van der Waals surface area contributed by atoms with Gasteiger partial charge in [-0.2, -0.15) is 9.97 Å². The van der Waals surface area contributed by atoms with Crippen LogP contribution in [0.5, 0.6) is 35.0 Å². The number of ether oxygens (including phenoxy) is 6. The van der Waals surface area contributed by atoms with Crippen LogP contribution >= 0.6 is 0 Å². The van der Waals surface area contributed by atoms with Crippen molar-refractivity contribution in [1.82, 2.24) is 39.6 Å². The van der Waals surface area contributed by atoms with E-state index in [9.17, 15) is 0 Å². The number of pyridine rings is 3. The molecule has 0 amide bonds. The van der Waals surface area contributed by atoms with E-state index in [1.807, 2.05) is 61.1 Å². The minimum Gasteiger partial charge on any atom is -0.497 e. The van der Waals surface area contributed by atoms with E-state index in [-0.39, 0.29) is 24.1 Å². The molecule has 6 bridgehead atoms. The van der Waals surface area contributed by atoms with Crippen LogP contribution in [-0.2, 0) is 0 Å². The normalized spacial score (nSPS) is 29.0. The van der Waals surface area contributed by atoms with Crippen molar-refractivity contribution in [2.45, 2.75) is 87.8 Å². The highest BCUT2D eigenvalue weighted by atomic mass is 16.5. The number of fused-ring (bicyclic) bond motifs is 14. The van der Waals surface area contributed by atoms with Gasteiger partial charge in [0.05, 0.1) is 62.1 Å². The molecule has 414 valence electrons. The Kier molecular flexibility index (Phi) is 14.6. The second kappa shape index (κ2) is 22.4. The van der Waals surface area contributed by atoms with Crippen molar-refractivity contribution < 1.29 is 28.4 Å². The molecule has 9 aliphatic heterocycles. The number of aromatic nitrogens is 5. The Bertz CT molecular complexity index is 3280. The minimum atomic E-state index is -0.511. The van der Waals surface area contributed by atoms with Crippen LogP contribution in [-0.4, -0.2) is 118 Å². The number of hydrogen-bond acceptors (Lipinski definition) is 14. The molecule has 8 unspecified atom stereocenters. The number of allylic oxidation sites excluding steroid dienone is 2. The third-order valence-electron chi connectivity index (χ3n) is 19.4. The topological polar surface area (TPSA) is 130 Å². The number of benzene rings is 3. The van der Waals surface area contributed by atoms with Crippen LogP contribution in [0.15, 0.2) is 135 Å². The van der Waals surface area contributed by atoms with Gasteiger partial charge in [-0.25, -0.2) is 0 Å². The zero-order chi connectivity index (χ0) is 54.4. The fourth-order valence-electron chi connectivity index (χ4n) is 15.1. The minimum absolute atomic E-state index is 0.00425. The highest BCUT2D eigenvalue weighted by molar-refractivity contribution is 5.86. The van der Waals surface area contributed by atoms with E-state index < -0.39 is 18.3 Å². The fraction of sp³-hybridized carbons (Fsp3) is 0.439. The van der Waals surface area contributed by atoms with Gasteiger partial charge in [-0.1, -0.05) is 18.2 Å². The zero-order valence-corrected chi connectivity index (χ0v) is 46.4. The standard InChI is InChI=1S/C66H74N8O6/c1-7-40-19-27-72-29-21-43(40)32-58(72)63(49-16-24-67-55-13-10-46(75-4)35-52(49)55)78-61-38-62(79-64(59-33-44-22-30-73(59)28-20-41(44)8-2)50-17-25-68-56-14-11-47(76-5)36-53(50)56)71-66(70-61)80-65(60-34-45-23-31-74(60)39-42(45)9-3)51-18-26-69-57-15-12-48(77-6)37-54(51)57/h7-18,24-26,35-38,40-45,58-60,63-65H,1-3,19-23,27-34,39H2,4-6H3/t40-,41?,42?,43?,44?,45?,58-,59?,60?,63-,64-,65+/m0/s1. The van der Waals surface area contributed by atoms with Crippen LogP contribution in [0.25, 0.3) is 32.7 Å². The molecule has 13 heterocycles. The first-order valence-corrected chi connectivity index (χ1v) is 29.1. The molecule has 16 rings (SSSR count). The molecule has 0 radical (unpaired) electrons. The van der Waals surface area contributed by atoms with E-state index in [0.717, 1.165) is 157 Å². The van der Waals surface area contributed by atoms with Crippen molar-refractivity contribution in [1.29, 1.82) is 0 Å². The summed E-state index contributed by atoms with van der Waals surface area (Å²) in [6.45, 7) is 18.6. The largest absolute Gasteiger partial charge is 0.497 e. The van der Waals surface area contributed by atoms with Gasteiger partial charge in [0, 0.05) is 58.0 Å². The Morgan fingerprint density at radius 2 is 0.825 bits per heavy atom. The summed E-state index contributed by atoms with van der Waals surface area (Å²) in [6.07, 6.45) is 18.9. The highest BCUT2D eigenvalue weighted by Gasteiger charge is 2.46. The Morgan fingerprint density at radius 1 is 0.450 bits per heavy atom. The van der Waals surface area contributed by atoms with Crippen LogP contribution in [0.3, 0.4) is 0 Å². The molecule has 3 aromatic carbocycles. The van der Waals surface area contributed by atoms with Crippen molar-refractivity contribution in [3.05, 3.63) is 152 Å². The maximum atomic E-state index is 7.68. The van der Waals surface area contributed by atoms with E-state index in [2.05, 4.69) is 89.1 Å². The molecule has 9 aliphatic rings. The van der Waals surface area contributed by atoms with Gasteiger partial charge < -0.3 is 28.4 Å². The van der Waals surface area contributed by atoms with Gasteiger partial charge in [-0.05, 0) is 192 Å². The van der Waals surface area contributed by atoms with Gasteiger partial charge >= 0.3 is 6.01 Å².